The molecule has 0 N–H and O–H groups in total. The van der Waals surface area contributed by atoms with E-state index in [0.717, 1.165) is 36.8 Å². The third kappa shape index (κ3) is 12.7. The highest BCUT2D eigenvalue weighted by Crippen LogP contribution is 2.47. The molecule has 2 rings (SSSR count). The Kier molecular flexibility index (Phi) is 14.4. The average molecular weight is 689 g/mol. The van der Waals surface area contributed by atoms with E-state index in [9.17, 15) is 52.7 Å². The van der Waals surface area contributed by atoms with Crippen molar-refractivity contribution in [2.75, 3.05) is 19.8 Å². The number of unbranched alkanes of at least 4 members (excludes halogenated alkanes) is 4. The molecule has 262 valence electrons. The van der Waals surface area contributed by atoms with Gasteiger partial charge in [-0.05, 0) is 31.2 Å². The number of halogens is 12. The number of nitrogens with zero attached hydrogens (tertiary/aromatic N) is 2. The zero-order valence-electron chi connectivity index (χ0n) is 24.4. The van der Waals surface area contributed by atoms with E-state index in [2.05, 4.69) is 26.4 Å². The highest BCUT2D eigenvalue weighted by Gasteiger charge is 2.72. The summed E-state index contributed by atoms with van der Waals surface area (Å²) in [6.07, 6.45) is -26.1. The van der Waals surface area contributed by atoms with Crippen LogP contribution in [0.4, 0.5) is 52.7 Å². The van der Waals surface area contributed by atoms with Gasteiger partial charge in [0.15, 0.2) is 11.6 Å². The maximum absolute atomic E-state index is 14.0. The van der Waals surface area contributed by atoms with Crippen molar-refractivity contribution in [3.8, 4) is 17.1 Å². The summed E-state index contributed by atoms with van der Waals surface area (Å²) in [6.45, 7) is -0.666. The molecular weight excluding hydrogens is 656 g/mol. The quantitative estimate of drug-likeness (QED) is 0.0964. The zero-order valence-corrected chi connectivity index (χ0v) is 24.4. The lowest BCUT2D eigenvalue weighted by Gasteiger charge is -2.31. The van der Waals surface area contributed by atoms with Gasteiger partial charge in [-0.2, -0.15) is 48.3 Å². The Morgan fingerprint density at radius 3 is 1.91 bits per heavy atom. The van der Waals surface area contributed by atoms with Crippen molar-refractivity contribution in [1.82, 2.24) is 9.97 Å². The van der Waals surface area contributed by atoms with Crippen LogP contribution in [0.5, 0.6) is 5.75 Å². The number of hydrogen-bond acceptors (Lipinski definition) is 6. The number of ether oxygens (including phenoxy) is 4. The van der Waals surface area contributed by atoms with Gasteiger partial charge < -0.3 is 9.47 Å². The SMILES string of the molecule is CCCCCCOc1cnc(-c2ccc(CCCC[C@H](F)COCC(F)(F)OC(F)(F)C(F)(F)OC(F)(F)C(F)(F)F)cc2)nc1. The van der Waals surface area contributed by atoms with Gasteiger partial charge in [-0.3, -0.25) is 0 Å². The van der Waals surface area contributed by atoms with Crippen LogP contribution in [0, 0.1) is 0 Å². The van der Waals surface area contributed by atoms with Crippen LogP contribution >= 0.6 is 0 Å². The molecule has 0 unspecified atom stereocenters. The molecule has 0 spiro atoms. The largest absolute Gasteiger partial charge is 0.490 e. The number of benzene rings is 1. The molecule has 18 heteroatoms. The molecule has 0 fully saturated rings. The van der Waals surface area contributed by atoms with Crippen LogP contribution in [0.3, 0.4) is 0 Å². The first-order chi connectivity index (χ1) is 21.3. The third-order valence-electron chi connectivity index (χ3n) is 6.11. The van der Waals surface area contributed by atoms with E-state index in [4.69, 9.17) is 4.74 Å². The number of alkyl halides is 12. The minimum atomic E-state index is -6.87. The van der Waals surface area contributed by atoms with E-state index in [-0.39, 0.29) is 12.8 Å². The van der Waals surface area contributed by atoms with E-state index in [1.807, 2.05) is 12.1 Å². The Morgan fingerprint density at radius 2 is 1.33 bits per heavy atom. The second-order valence-electron chi connectivity index (χ2n) is 10.1. The Morgan fingerprint density at radius 1 is 0.717 bits per heavy atom. The fraction of sp³-hybridized carbons (Fsp3) is 0.643. The smallest absolute Gasteiger partial charge is 0.483 e. The Balaban J connectivity index is 1.71. The van der Waals surface area contributed by atoms with Crippen LogP contribution in [0.1, 0.15) is 57.4 Å². The fourth-order valence-electron chi connectivity index (χ4n) is 3.72. The highest BCUT2D eigenvalue weighted by atomic mass is 19.4. The summed E-state index contributed by atoms with van der Waals surface area (Å²) in [5.74, 6) is 1.04. The number of rotatable bonds is 21. The predicted molar refractivity (Wildman–Crippen MR) is 138 cm³/mol. The molecule has 1 atom stereocenters. The third-order valence-corrected chi connectivity index (χ3v) is 6.11. The first-order valence-electron chi connectivity index (χ1n) is 14.0. The molecular formula is C28H32F12N2O4. The number of aromatic nitrogens is 2. The van der Waals surface area contributed by atoms with Crippen LogP contribution in [0.15, 0.2) is 36.7 Å². The van der Waals surface area contributed by atoms with Crippen LogP contribution in [-0.4, -0.2) is 66.6 Å². The summed E-state index contributed by atoms with van der Waals surface area (Å²) in [5.41, 5.74) is 1.63. The van der Waals surface area contributed by atoms with Crippen LogP contribution < -0.4 is 4.74 Å². The monoisotopic (exact) mass is 688 g/mol. The van der Waals surface area contributed by atoms with Gasteiger partial charge in [0.1, 0.15) is 12.8 Å². The predicted octanol–water partition coefficient (Wildman–Crippen LogP) is 9.14. The van der Waals surface area contributed by atoms with E-state index in [1.165, 1.54) is 0 Å². The summed E-state index contributed by atoms with van der Waals surface area (Å²) in [5, 5.41) is 0. The Bertz CT molecular complexity index is 1170. The van der Waals surface area contributed by atoms with Crippen LogP contribution in [0.2, 0.25) is 0 Å². The molecule has 0 aliphatic heterocycles. The summed E-state index contributed by atoms with van der Waals surface area (Å²) < 4.78 is 169. The minimum Gasteiger partial charge on any atom is -0.490 e. The van der Waals surface area contributed by atoms with Gasteiger partial charge in [0.25, 0.3) is 0 Å². The summed E-state index contributed by atoms with van der Waals surface area (Å²) in [7, 11) is 0. The molecule has 1 heterocycles. The summed E-state index contributed by atoms with van der Waals surface area (Å²) in [4.78, 5) is 8.58. The topological polar surface area (TPSA) is 62.7 Å². The van der Waals surface area contributed by atoms with Gasteiger partial charge in [-0.25, -0.2) is 23.8 Å². The van der Waals surface area contributed by atoms with E-state index >= 15 is 0 Å². The molecule has 0 aliphatic carbocycles. The van der Waals surface area contributed by atoms with Crippen molar-refractivity contribution in [1.29, 1.82) is 0 Å². The molecule has 0 saturated carbocycles. The lowest BCUT2D eigenvalue weighted by Crippen LogP contribution is -2.55. The number of hydrogen-bond donors (Lipinski definition) is 0. The van der Waals surface area contributed by atoms with Gasteiger partial charge in [-0.15, -0.1) is 0 Å². The number of aryl methyl sites for hydroxylation is 1. The van der Waals surface area contributed by atoms with Gasteiger partial charge in [0.05, 0.1) is 25.6 Å². The molecule has 0 amide bonds. The van der Waals surface area contributed by atoms with Gasteiger partial charge in [-0.1, -0.05) is 56.9 Å². The summed E-state index contributed by atoms with van der Waals surface area (Å²) in [6, 6.07) is 7.20. The van der Waals surface area contributed by atoms with Crippen molar-refractivity contribution >= 4 is 0 Å². The van der Waals surface area contributed by atoms with E-state index in [1.54, 1.807) is 29.3 Å². The average Bonchev–Trinajstić information content (AvgIpc) is 2.94. The molecule has 1 aromatic heterocycles. The van der Waals surface area contributed by atoms with Crippen molar-refractivity contribution in [3.63, 3.8) is 0 Å². The van der Waals surface area contributed by atoms with Crippen LogP contribution in [-0.2, 0) is 20.6 Å². The zero-order chi connectivity index (χ0) is 34.7. The molecule has 6 nitrogen and oxygen atoms in total. The maximum Gasteiger partial charge on any atom is 0.483 e. The molecule has 1 aromatic carbocycles. The fourth-order valence-corrected chi connectivity index (χ4v) is 3.72. The normalized spacial score (nSPS) is 14.0. The van der Waals surface area contributed by atoms with Gasteiger partial charge in [0, 0.05) is 5.56 Å². The second-order valence-corrected chi connectivity index (χ2v) is 10.1. The molecule has 0 aliphatic rings. The first kappa shape index (κ1) is 39.3. The minimum absolute atomic E-state index is 0.222. The lowest BCUT2D eigenvalue weighted by molar-refractivity contribution is -0.537. The molecule has 46 heavy (non-hydrogen) atoms. The Hall–Kier alpha value is -2.86. The lowest BCUT2D eigenvalue weighted by atomic mass is 10.0. The van der Waals surface area contributed by atoms with Crippen molar-refractivity contribution in [2.45, 2.75) is 95.1 Å². The standard InChI is InChI=1S/C28H32F12N2O4/c1-2-3-4-7-14-44-22-15-41-23(42-16-22)20-12-10-19(11-13-20)8-5-6-9-21(29)17-43-18-24(30,31)45-27(37,38)28(39,40)46-26(35,36)25(32,33)34/h10-13,15-16,21H,2-9,14,17-18H2,1H3/t21-/m0/s1. The molecule has 0 radical (unpaired) electrons. The van der Waals surface area contributed by atoms with Crippen molar-refractivity contribution < 1.29 is 71.6 Å². The molecule has 0 saturated heterocycles. The van der Waals surface area contributed by atoms with Gasteiger partial charge >= 0.3 is 30.6 Å². The molecule has 2 aromatic rings. The Labute approximate surface area is 256 Å². The summed E-state index contributed by atoms with van der Waals surface area (Å²) >= 11 is 0. The van der Waals surface area contributed by atoms with E-state index < -0.39 is 50.0 Å². The van der Waals surface area contributed by atoms with Crippen LogP contribution in [0.25, 0.3) is 11.4 Å². The maximum atomic E-state index is 14.0. The molecule has 0 bridgehead atoms. The van der Waals surface area contributed by atoms with Gasteiger partial charge in [0.2, 0.25) is 0 Å². The van der Waals surface area contributed by atoms with Crippen molar-refractivity contribution in [2.24, 2.45) is 0 Å². The second kappa shape index (κ2) is 16.8. The van der Waals surface area contributed by atoms with E-state index in [0.29, 0.717) is 31.0 Å². The van der Waals surface area contributed by atoms with Crippen molar-refractivity contribution in [3.05, 3.63) is 42.2 Å². The highest BCUT2D eigenvalue weighted by molar-refractivity contribution is 5.55. The first-order valence-corrected chi connectivity index (χ1v) is 14.0.